The van der Waals surface area contributed by atoms with Crippen molar-refractivity contribution in [2.45, 2.75) is 47.0 Å². The first-order chi connectivity index (χ1) is 7.47. The van der Waals surface area contributed by atoms with Crippen LogP contribution in [0.4, 0.5) is 0 Å². The fourth-order valence-corrected chi connectivity index (χ4v) is 2.40. The number of rotatable bonds is 3. The van der Waals surface area contributed by atoms with Gasteiger partial charge in [0.25, 0.3) is 0 Å². The lowest BCUT2D eigenvalue weighted by molar-refractivity contribution is -0.110. The highest BCUT2D eigenvalue weighted by molar-refractivity contribution is 5.99. The molecule has 0 saturated carbocycles. The van der Waals surface area contributed by atoms with E-state index in [1.54, 1.807) is 18.2 Å². The van der Waals surface area contributed by atoms with Gasteiger partial charge in [-0.05, 0) is 56.3 Å². The van der Waals surface area contributed by atoms with Gasteiger partial charge >= 0.3 is 0 Å². The third-order valence-electron chi connectivity index (χ3n) is 3.29. The van der Waals surface area contributed by atoms with E-state index in [9.17, 15) is 4.79 Å². The summed E-state index contributed by atoms with van der Waals surface area (Å²) in [5, 5.41) is 0. The van der Waals surface area contributed by atoms with Crippen LogP contribution in [0.1, 0.15) is 47.0 Å². The van der Waals surface area contributed by atoms with E-state index in [-0.39, 0.29) is 11.2 Å². The standard InChI is InChI=1S/C15H22O/c1-5-7-13(16)9-10-14-12(2)8-6-11-15(14,3)4/h5,7,9-10H,6,8,11H2,1-4H3. The second kappa shape index (κ2) is 5.29. The van der Waals surface area contributed by atoms with E-state index in [0.717, 1.165) is 0 Å². The Morgan fingerprint density at radius 2 is 2.00 bits per heavy atom. The van der Waals surface area contributed by atoms with E-state index in [0.29, 0.717) is 0 Å². The minimum absolute atomic E-state index is 0.0733. The van der Waals surface area contributed by atoms with E-state index >= 15 is 0 Å². The molecular weight excluding hydrogens is 196 g/mol. The molecule has 0 aromatic carbocycles. The zero-order valence-electron chi connectivity index (χ0n) is 10.8. The van der Waals surface area contributed by atoms with Gasteiger partial charge in [0.15, 0.2) is 5.78 Å². The quantitative estimate of drug-likeness (QED) is 0.648. The summed E-state index contributed by atoms with van der Waals surface area (Å²) in [4.78, 5) is 11.4. The molecule has 0 N–H and O–H groups in total. The van der Waals surface area contributed by atoms with E-state index < -0.39 is 0 Å². The lowest BCUT2D eigenvalue weighted by atomic mass is 9.72. The maximum atomic E-state index is 11.4. The molecule has 0 spiro atoms. The molecule has 1 heteroatoms. The van der Waals surface area contributed by atoms with Gasteiger partial charge in [0, 0.05) is 0 Å². The largest absolute Gasteiger partial charge is 0.290 e. The third-order valence-corrected chi connectivity index (χ3v) is 3.29. The van der Waals surface area contributed by atoms with Crippen LogP contribution in [0.5, 0.6) is 0 Å². The molecule has 16 heavy (non-hydrogen) atoms. The Hall–Kier alpha value is -1.11. The molecule has 0 fully saturated rings. The SMILES string of the molecule is CC=CC(=O)C=CC1=C(C)CCCC1(C)C. The van der Waals surface area contributed by atoms with Crippen molar-refractivity contribution in [3.05, 3.63) is 35.5 Å². The van der Waals surface area contributed by atoms with Gasteiger partial charge in [-0.25, -0.2) is 0 Å². The maximum Gasteiger partial charge on any atom is 0.178 e. The topological polar surface area (TPSA) is 17.1 Å². The van der Waals surface area contributed by atoms with Crippen LogP contribution in [-0.4, -0.2) is 5.78 Å². The van der Waals surface area contributed by atoms with E-state index in [1.165, 1.54) is 30.4 Å². The smallest absolute Gasteiger partial charge is 0.178 e. The molecule has 0 amide bonds. The summed E-state index contributed by atoms with van der Waals surface area (Å²) in [6.07, 6.45) is 10.7. The molecule has 0 aromatic rings. The van der Waals surface area contributed by atoms with Gasteiger partial charge in [-0.3, -0.25) is 4.79 Å². The number of carbonyl (C=O) groups is 1. The monoisotopic (exact) mass is 218 g/mol. The van der Waals surface area contributed by atoms with Crippen LogP contribution in [0.15, 0.2) is 35.5 Å². The first kappa shape index (κ1) is 13.0. The summed E-state index contributed by atoms with van der Waals surface area (Å²) in [6.45, 7) is 8.56. The first-order valence-corrected chi connectivity index (χ1v) is 6.02. The Bertz CT molecular complexity index is 354. The van der Waals surface area contributed by atoms with E-state index in [1.807, 2.05) is 13.0 Å². The van der Waals surface area contributed by atoms with Gasteiger partial charge in [0.1, 0.15) is 0 Å². The van der Waals surface area contributed by atoms with Gasteiger partial charge in [-0.15, -0.1) is 0 Å². The zero-order valence-corrected chi connectivity index (χ0v) is 10.8. The molecule has 0 aromatic heterocycles. The number of allylic oxidation sites excluding steroid dienone is 6. The highest BCUT2D eigenvalue weighted by atomic mass is 16.1. The molecule has 1 rings (SSSR count). The summed E-state index contributed by atoms with van der Waals surface area (Å²) in [5.74, 6) is 0.0733. The van der Waals surface area contributed by atoms with Crippen molar-refractivity contribution in [3.8, 4) is 0 Å². The number of hydrogen-bond acceptors (Lipinski definition) is 1. The first-order valence-electron chi connectivity index (χ1n) is 6.02. The van der Waals surface area contributed by atoms with Crippen LogP contribution in [0, 0.1) is 5.41 Å². The molecule has 88 valence electrons. The summed E-state index contributed by atoms with van der Waals surface area (Å²) < 4.78 is 0. The van der Waals surface area contributed by atoms with Gasteiger partial charge in [0.2, 0.25) is 0 Å². The zero-order chi connectivity index (χ0) is 12.2. The summed E-state index contributed by atoms with van der Waals surface area (Å²) in [5.41, 5.74) is 2.99. The Morgan fingerprint density at radius 1 is 1.31 bits per heavy atom. The fourth-order valence-electron chi connectivity index (χ4n) is 2.40. The summed E-state index contributed by atoms with van der Waals surface area (Å²) in [7, 11) is 0. The van der Waals surface area contributed by atoms with Crippen LogP contribution in [0.3, 0.4) is 0 Å². The average Bonchev–Trinajstić information content (AvgIpc) is 2.16. The lowest BCUT2D eigenvalue weighted by Crippen LogP contribution is -2.19. The van der Waals surface area contributed by atoms with Crippen LogP contribution in [0.25, 0.3) is 0 Å². The average molecular weight is 218 g/mol. The second-order valence-electron chi connectivity index (χ2n) is 5.17. The van der Waals surface area contributed by atoms with Crippen molar-refractivity contribution in [2.24, 2.45) is 5.41 Å². The van der Waals surface area contributed by atoms with E-state index in [4.69, 9.17) is 0 Å². The molecule has 1 nitrogen and oxygen atoms in total. The Balaban J connectivity index is 2.89. The maximum absolute atomic E-state index is 11.4. The Labute approximate surface area is 98.9 Å². The predicted octanol–water partition coefficient (Wildman–Crippen LogP) is 4.21. The van der Waals surface area contributed by atoms with Crippen molar-refractivity contribution >= 4 is 5.78 Å². The number of hydrogen-bond donors (Lipinski definition) is 0. The van der Waals surface area contributed by atoms with Crippen molar-refractivity contribution in [2.75, 3.05) is 0 Å². The molecule has 0 atom stereocenters. The Kier molecular flexibility index (Phi) is 4.28. The van der Waals surface area contributed by atoms with Crippen LogP contribution in [-0.2, 0) is 4.79 Å². The second-order valence-corrected chi connectivity index (χ2v) is 5.17. The normalized spacial score (nSPS) is 21.0. The van der Waals surface area contributed by atoms with Crippen molar-refractivity contribution in [3.63, 3.8) is 0 Å². The van der Waals surface area contributed by atoms with Crippen molar-refractivity contribution < 1.29 is 4.79 Å². The van der Waals surface area contributed by atoms with Crippen LogP contribution < -0.4 is 0 Å². The molecule has 0 bridgehead atoms. The minimum atomic E-state index is 0.0733. The molecule has 1 aliphatic rings. The Morgan fingerprint density at radius 3 is 2.56 bits per heavy atom. The predicted molar refractivity (Wildman–Crippen MR) is 69.3 cm³/mol. The van der Waals surface area contributed by atoms with Crippen LogP contribution >= 0.6 is 0 Å². The van der Waals surface area contributed by atoms with Crippen molar-refractivity contribution in [1.29, 1.82) is 0 Å². The molecule has 1 aliphatic carbocycles. The highest BCUT2D eigenvalue weighted by Gasteiger charge is 2.26. The summed E-state index contributed by atoms with van der Waals surface area (Å²) in [6, 6.07) is 0. The van der Waals surface area contributed by atoms with Gasteiger partial charge in [-0.2, -0.15) is 0 Å². The fraction of sp³-hybridized carbons (Fsp3) is 0.533. The molecule has 0 unspecified atom stereocenters. The van der Waals surface area contributed by atoms with Crippen molar-refractivity contribution in [1.82, 2.24) is 0 Å². The molecule has 0 saturated heterocycles. The van der Waals surface area contributed by atoms with Crippen LogP contribution in [0.2, 0.25) is 0 Å². The third kappa shape index (κ3) is 3.19. The van der Waals surface area contributed by atoms with Gasteiger partial charge in [0.05, 0.1) is 0 Å². The lowest BCUT2D eigenvalue weighted by Gasteiger charge is -2.32. The molecule has 0 radical (unpaired) electrons. The van der Waals surface area contributed by atoms with E-state index in [2.05, 4.69) is 20.8 Å². The van der Waals surface area contributed by atoms with Gasteiger partial charge in [-0.1, -0.05) is 31.6 Å². The van der Waals surface area contributed by atoms with Gasteiger partial charge < -0.3 is 0 Å². The number of ketones is 1. The molecular formula is C15H22O. The summed E-state index contributed by atoms with van der Waals surface area (Å²) >= 11 is 0. The number of carbonyl (C=O) groups excluding carboxylic acids is 1. The minimum Gasteiger partial charge on any atom is -0.290 e. The molecule has 0 aliphatic heterocycles. The molecule has 0 heterocycles. The highest BCUT2D eigenvalue weighted by Crippen LogP contribution is 2.40.